The van der Waals surface area contributed by atoms with Crippen LogP contribution in [-0.2, 0) is 17.8 Å². The number of carbonyl (C=O) groups excluding carboxylic acids is 1. The molecule has 172 valence electrons. The van der Waals surface area contributed by atoms with Crippen molar-refractivity contribution in [2.24, 2.45) is 0 Å². The van der Waals surface area contributed by atoms with Crippen molar-refractivity contribution in [1.82, 2.24) is 14.9 Å². The first kappa shape index (κ1) is 22.9. The zero-order valence-corrected chi connectivity index (χ0v) is 19.3. The molecule has 1 amide bonds. The Morgan fingerprint density at radius 1 is 1.15 bits per heavy atom. The van der Waals surface area contributed by atoms with Gasteiger partial charge in [0.25, 0.3) is 0 Å². The van der Waals surface area contributed by atoms with E-state index in [9.17, 15) is 9.18 Å². The number of carbonyl (C=O) groups is 1. The number of nitrogens with one attached hydrogen (secondary N) is 1. The average Bonchev–Trinajstić information content (AvgIpc) is 3.26. The molecule has 1 aromatic heterocycles. The van der Waals surface area contributed by atoms with Crippen LogP contribution >= 0.6 is 0 Å². The maximum absolute atomic E-state index is 13.8. The van der Waals surface area contributed by atoms with E-state index in [1.165, 1.54) is 11.6 Å². The van der Waals surface area contributed by atoms with Crippen LogP contribution in [0.2, 0.25) is 0 Å². The minimum atomic E-state index is -0.453. The van der Waals surface area contributed by atoms with Gasteiger partial charge in [0.2, 0.25) is 5.91 Å². The zero-order valence-electron chi connectivity index (χ0n) is 19.3. The second kappa shape index (κ2) is 10.1. The van der Waals surface area contributed by atoms with E-state index < -0.39 is 5.82 Å². The van der Waals surface area contributed by atoms with Crippen LogP contribution in [0.25, 0.3) is 0 Å². The summed E-state index contributed by atoms with van der Waals surface area (Å²) in [7, 11) is 1.68. The molecule has 2 aromatic carbocycles. The number of hydrogen-bond acceptors (Lipinski definition) is 5. The van der Waals surface area contributed by atoms with Crippen LogP contribution in [-0.4, -0.2) is 41.0 Å². The minimum absolute atomic E-state index is 0.110. The van der Waals surface area contributed by atoms with Gasteiger partial charge in [-0.25, -0.2) is 14.4 Å². The highest BCUT2D eigenvalue weighted by Gasteiger charge is 2.27. The Kier molecular flexibility index (Phi) is 6.99. The standard InChI is InChI=1S/C26H29FN4O2/c1-17-22(14-25(32)30-24-10-5-4-9-23(24)27)18(2)29-26(28-17)20-11-12-31(16-20)15-19-7-6-8-21(13-19)33-3/h4-10,13,20H,11-12,14-16H2,1-3H3,(H,30,32)/t20-/m1/s1. The number of methoxy groups -OCH3 is 1. The van der Waals surface area contributed by atoms with Crippen molar-refractivity contribution in [2.75, 3.05) is 25.5 Å². The number of amides is 1. The van der Waals surface area contributed by atoms with Gasteiger partial charge in [0, 0.05) is 36.0 Å². The highest BCUT2D eigenvalue weighted by atomic mass is 19.1. The molecule has 1 N–H and O–H groups in total. The average molecular weight is 449 g/mol. The predicted octanol–water partition coefficient (Wildman–Crippen LogP) is 4.41. The molecule has 1 saturated heterocycles. The highest BCUT2D eigenvalue weighted by molar-refractivity contribution is 5.92. The second-order valence-corrected chi connectivity index (χ2v) is 8.51. The molecule has 7 heteroatoms. The van der Waals surface area contributed by atoms with Crippen LogP contribution in [0.1, 0.15) is 40.7 Å². The number of rotatable bonds is 7. The molecule has 4 rings (SSSR count). The lowest BCUT2D eigenvalue weighted by Crippen LogP contribution is -2.21. The fourth-order valence-electron chi connectivity index (χ4n) is 4.34. The van der Waals surface area contributed by atoms with Crippen molar-refractivity contribution < 1.29 is 13.9 Å². The SMILES string of the molecule is COc1cccc(CN2CC[C@@H](c3nc(C)c(CC(=O)Nc4ccccc4F)c(C)n3)C2)c1. The van der Waals surface area contributed by atoms with E-state index in [1.54, 1.807) is 25.3 Å². The van der Waals surface area contributed by atoms with Crippen LogP contribution in [0.15, 0.2) is 48.5 Å². The van der Waals surface area contributed by atoms with Gasteiger partial charge in [-0.15, -0.1) is 0 Å². The molecule has 1 atom stereocenters. The molecule has 0 bridgehead atoms. The van der Waals surface area contributed by atoms with E-state index in [-0.39, 0.29) is 23.9 Å². The Morgan fingerprint density at radius 2 is 1.91 bits per heavy atom. The lowest BCUT2D eigenvalue weighted by molar-refractivity contribution is -0.115. The molecule has 0 unspecified atom stereocenters. The van der Waals surface area contributed by atoms with E-state index in [1.807, 2.05) is 26.0 Å². The maximum Gasteiger partial charge on any atom is 0.229 e. The monoisotopic (exact) mass is 448 g/mol. The molecule has 1 aliphatic heterocycles. The Labute approximate surface area is 193 Å². The van der Waals surface area contributed by atoms with Gasteiger partial charge >= 0.3 is 0 Å². The first-order chi connectivity index (χ1) is 15.9. The van der Waals surface area contributed by atoms with Crippen molar-refractivity contribution in [3.8, 4) is 5.75 Å². The first-order valence-corrected chi connectivity index (χ1v) is 11.2. The number of anilines is 1. The third-order valence-electron chi connectivity index (χ3n) is 6.10. The summed E-state index contributed by atoms with van der Waals surface area (Å²) in [5.41, 5.74) is 3.79. The molecular formula is C26H29FN4O2. The first-order valence-electron chi connectivity index (χ1n) is 11.2. The number of ether oxygens (including phenoxy) is 1. The summed E-state index contributed by atoms with van der Waals surface area (Å²) in [6, 6.07) is 14.3. The number of aromatic nitrogens is 2. The van der Waals surface area contributed by atoms with E-state index in [4.69, 9.17) is 14.7 Å². The van der Waals surface area contributed by atoms with E-state index in [0.717, 1.165) is 54.6 Å². The van der Waals surface area contributed by atoms with Gasteiger partial charge in [-0.3, -0.25) is 9.69 Å². The Hall–Kier alpha value is -3.32. The molecule has 0 saturated carbocycles. The van der Waals surface area contributed by atoms with Crippen LogP contribution in [0.3, 0.4) is 0 Å². The van der Waals surface area contributed by atoms with Crippen molar-refractivity contribution in [3.05, 3.63) is 82.7 Å². The summed E-state index contributed by atoms with van der Waals surface area (Å²) in [6.45, 7) is 6.55. The minimum Gasteiger partial charge on any atom is -0.497 e. The lowest BCUT2D eigenvalue weighted by atomic mass is 10.0. The number of nitrogens with zero attached hydrogens (tertiary/aromatic N) is 3. The quantitative estimate of drug-likeness (QED) is 0.580. The summed E-state index contributed by atoms with van der Waals surface area (Å²) >= 11 is 0. The fourth-order valence-corrected chi connectivity index (χ4v) is 4.34. The van der Waals surface area contributed by atoms with Crippen LogP contribution in [0.5, 0.6) is 5.75 Å². The molecule has 0 spiro atoms. The summed E-state index contributed by atoms with van der Waals surface area (Å²) in [5.74, 6) is 1.22. The normalized spacial score (nSPS) is 16.1. The molecule has 0 radical (unpaired) electrons. The van der Waals surface area contributed by atoms with Gasteiger partial charge in [0.15, 0.2) is 0 Å². The zero-order chi connectivity index (χ0) is 23.4. The Morgan fingerprint density at radius 3 is 2.64 bits per heavy atom. The second-order valence-electron chi connectivity index (χ2n) is 8.51. The molecule has 0 aliphatic carbocycles. The third kappa shape index (κ3) is 5.54. The van der Waals surface area contributed by atoms with Gasteiger partial charge in [-0.1, -0.05) is 24.3 Å². The van der Waals surface area contributed by atoms with Crippen LogP contribution in [0.4, 0.5) is 10.1 Å². The third-order valence-corrected chi connectivity index (χ3v) is 6.10. The van der Waals surface area contributed by atoms with E-state index in [0.29, 0.717) is 0 Å². The molecule has 6 nitrogen and oxygen atoms in total. The number of halogens is 1. The number of benzene rings is 2. The number of aryl methyl sites for hydroxylation is 2. The van der Waals surface area contributed by atoms with Crippen LogP contribution in [0, 0.1) is 19.7 Å². The van der Waals surface area contributed by atoms with Gasteiger partial charge < -0.3 is 10.1 Å². The Bertz CT molecular complexity index is 1130. The molecule has 1 fully saturated rings. The fraction of sp³-hybridized carbons (Fsp3) is 0.346. The summed E-state index contributed by atoms with van der Waals surface area (Å²) in [4.78, 5) is 24.4. The number of para-hydroxylation sites is 1. The smallest absolute Gasteiger partial charge is 0.229 e. The van der Waals surface area contributed by atoms with Crippen LogP contribution < -0.4 is 10.1 Å². The van der Waals surface area contributed by atoms with Gasteiger partial charge in [-0.2, -0.15) is 0 Å². The van der Waals surface area contributed by atoms with Gasteiger partial charge in [0.1, 0.15) is 17.4 Å². The lowest BCUT2D eigenvalue weighted by Gasteiger charge is -2.17. The van der Waals surface area contributed by atoms with Crippen molar-refractivity contribution >= 4 is 11.6 Å². The van der Waals surface area contributed by atoms with Crippen molar-refractivity contribution in [1.29, 1.82) is 0 Å². The maximum atomic E-state index is 13.8. The predicted molar refractivity (Wildman–Crippen MR) is 126 cm³/mol. The molecular weight excluding hydrogens is 419 g/mol. The van der Waals surface area contributed by atoms with Crippen molar-refractivity contribution in [3.63, 3.8) is 0 Å². The van der Waals surface area contributed by atoms with E-state index in [2.05, 4.69) is 22.3 Å². The summed E-state index contributed by atoms with van der Waals surface area (Å²) < 4.78 is 19.2. The number of hydrogen-bond donors (Lipinski definition) is 1. The molecule has 3 aromatic rings. The number of likely N-dealkylation sites (tertiary alicyclic amines) is 1. The summed E-state index contributed by atoms with van der Waals surface area (Å²) in [5, 5.41) is 2.63. The van der Waals surface area contributed by atoms with Crippen molar-refractivity contribution in [2.45, 2.75) is 39.2 Å². The van der Waals surface area contributed by atoms with Gasteiger partial charge in [-0.05, 0) is 56.6 Å². The topological polar surface area (TPSA) is 67.3 Å². The van der Waals surface area contributed by atoms with E-state index >= 15 is 0 Å². The summed E-state index contributed by atoms with van der Waals surface area (Å²) in [6.07, 6.45) is 1.11. The molecule has 2 heterocycles. The van der Waals surface area contributed by atoms with Gasteiger partial charge in [0.05, 0.1) is 19.2 Å². The molecule has 33 heavy (non-hydrogen) atoms. The molecule has 1 aliphatic rings. The Balaban J connectivity index is 1.40. The highest BCUT2D eigenvalue weighted by Crippen LogP contribution is 2.28. The largest absolute Gasteiger partial charge is 0.497 e.